The normalized spacial score (nSPS) is 17.2. The summed E-state index contributed by atoms with van der Waals surface area (Å²) in [6.07, 6.45) is 9.16. The number of carbonyl (C=O) groups excluding carboxylic acids is 1. The number of hydrogen-bond donors (Lipinski definition) is 0. The van der Waals surface area contributed by atoms with E-state index < -0.39 is 0 Å². The lowest BCUT2D eigenvalue weighted by Crippen LogP contribution is -2.22. The molecule has 1 heterocycles. The molecular formula is C19H33NO2. The van der Waals surface area contributed by atoms with E-state index in [-0.39, 0.29) is 25.4 Å². The summed E-state index contributed by atoms with van der Waals surface area (Å²) in [4.78, 5) is 11.5. The first-order valence-electron chi connectivity index (χ1n) is 7.88. The Morgan fingerprint density at radius 1 is 1.23 bits per heavy atom. The maximum atomic E-state index is 11.5. The van der Waals surface area contributed by atoms with Crippen molar-refractivity contribution in [1.29, 1.82) is 0 Å². The first-order chi connectivity index (χ1) is 9.90. The Balaban J connectivity index is 0.000000423. The summed E-state index contributed by atoms with van der Waals surface area (Å²) in [5, 5.41) is 0. The summed E-state index contributed by atoms with van der Waals surface area (Å²) in [5.41, 5.74) is 1.40. The molecule has 0 radical (unpaired) electrons. The highest BCUT2D eigenvalue weighted by molar-refractivity contribution is 5.73. The van der Waals surface area contributed by atoms with Gasteiger partial charge in [-0.1, -0.05) is 19.1 Å². The second-order valence-corrected chi connectivity index (χ2v) is 6.23. The number of ether oxygens (including phenoxy) is 1. The lowest BCUT2D eigenvalue weighted by Gasteiger charge is -2.20. The van der Waals surface area contributed by atoms with E-state index in [2.05, 4.69) is 43.8 Å². The molecule has 0 aromatic carbocycles. The Morgan fingerprint density at radius 2 is 1.82 bits per heavy atom. The minimum absolute atomic E-state index is 0. The number of aromatic nitrogens is 1. The van der Waals surface area contributed by atoms with E-state index in [4.69, 9.17) is 4.74 Å². The maximum Gasteiger partial charge on any atom is 0.309 e. The zero-order valence-corrected chi connectivity index (χ0v) is 14.0. The van der Waals surface area contributed by atoms with Gasteiger partial charge in [0.2, 0.25) is 0 Å². The summed E-state index contributed by atoms with van der Waals surface area (Å²) in [6, 6.07) is 4.69. The van der Waals surface area contributed by atoms with Gasteiger partial charge >= 0.3 is 5.97 Å². The molecule has 0 bridgehead atoms. The number of hydrogen-bond acceptors (Lipinski definition) is 2. The fourth-order valence-electron chi connectivity index (χ4n) is 2.20. The zero-order valence-electron chi connectivity index (χ0n) is 14.0. The smallest absolute Gasteiger partial charge is 0.309 e. The van der Waals surface area contributed by atoms with Crippen LogP contribution in [0.15, 0.2) is 36.2 Å². The highest BCUT2D eigenvalue weighted by Crippen LogP contribution is 2.24. The van der Waals surface area contributed by atoms with Crippen molar-refractivity contribution in [3.8, 4) is 0 Å². The number of allylic oxidation sites excluding steroid dienone is 2. The molecule has 0 aliphatic heterocycles. The van der Waals surface area contributed by atoms with Crippen LogP contribution in [0.2, 0.25) is 0 Å². The quantitative estimate of drug-likeness (QED) is 0.554. The third kappa shape index (κ3) is 7.48. The van der Waals surface area contributed by atoms with Crippen LogP contribution in [0.4, 0.5) is 0 Å². The number of nitrogens with zero attached hydrogens (tertiary/aromatic N) is 1. The molecule has 3 heteroatoms. The molecule has 1 aliphatic carbocycles. The van der Waals surface area contributed by atoms with E-state index in [0.717, 1.165) is 19.3 Å². The van der Waals surface area contributed by atoms with Crippen LogP contribution in [0.1, 0.15) is 67.3 Å². The molecule has 0 unspecified atom stereocenters. The van der Waals surface area contributed by atoms with Gasteiger partial charge in [0.15, 0.2) is 0 Å². The van der Waals surface area contributed by atoms with Crippen molar-refractivity contribution in [3.63, 3.8) is 0 Å². The van der Waals surface area contributed by atoms with Crippen molar-refractivity contribution in [2.24, 2.45) is 5.92 Å². The van der Waals surface area contributed by atoms with Crippen molar-refractivity contribution in [1.82, 2.24) is 4.57 Å². The second-order valence-electron chi connectivity index (χ2n) is 6.23. The topological polar surface area (TPSA) is 31.2 Å². The second kappa shape index (κ2) is 10.3. The summed E-state index contributed by atoms with van der Waals surface area (Å²) < 4.78 is 7.32. The van der Waals surface area contributed by atoms with Gasteiger partial charge in [0, 0.05) is 18.4 Å². The van der Waals surface area contributed by atoms with Crippen LogP contribution in [-0.4, -0.2) is 16.6 Å². The molecule has 0 spiro atoms. The van der Waals surface area contributed by atoms with Gasteiger partial charge in [0.05, 0.1) is 12.0 Å². The highest BCUT2D eigenvalue weighted by atomic mass is 16.5. The Hall–Kier alpha value is -1.51. The molecule has 0 N–H and O–H groups in total. The largest absolute Gasteiger partial charge is 0.463 e. The number of rotatable bonds is 3. The van der Waals surface area contributed by atoms with Crippen LogP contribution < -0.4 is 0 Å². The number of esters is 1. The molecule has 126 valence electrons. The zero-order chi connectivity index (χ0) is 15.8. The van der Waals surface area contributed by atoms with E-state index in [1.807, 2.05) is 26.0 Å². The standard InChI is InChI=1S/C11H18O2.C7H11N.CH4/c1-8(2)13-11(12)10-6-4-9(3)5-7-10;1-7(2)8-5-3-4-6-8;/h4,8,10H,5-7H2,1-3H3;3-7H,1-2H3;1H4/t10-;;/m0../s1. The fraction of sp³-hybridized carbons (Fsp3) is 0.632. The number of carbonyl (C=O) groups is 1. The summed E-state index contributed by atoms with van der Waals surface area (Å²) in [7, 11) is 0. The van der Waals surface area contributed by atoms with Gasteiger partial charge in [-0.25, -0.2) is 0 Å². The summed E-state index contributed by atoms with van der Waals surface area (Å²) in [6.45, 7) is 10.2. The Bertz CT molecular complexity index is 444. The summed E-state index contributed by atoms with van der Waals surface area (Å²) >= 11 is 0. The third-order valence-electron chi connectivity index (χ3n) is 3.55. The van der Waals surface area contributed by atoms with Crippen LogP contribution >= 0.6 is 0 Å². The van der Waals surface area contributed by atoms with E-state index in [0.29, 0.717) is 6.04 Å². The van der Waals surface area contributed by atoms with E-state index >= 15 is 0 Å². The predicted octanol–water partition coefficient (Wildman–Crippen LogP) is 5.39. The Labute approximate surface area is 136 Å². The van der Waals surface area contributed by atoms with Crippen LogP contribution in [0, 0.1) is 5.92 Å². The molecule has 1 atom stereocenters. The van der Waals surface area contributed by atoms with Crippen LogP contribution in [-0.2, 0) is 9.53 Å². The van der Waals surface area contributed by atoms with E-state index in [1.54, 1.807) is 0 Å². The highest BCUT2D eigenvalue weighted by Gasteiger charge is 2.22. The van der Waals surface area contributed by atoms with E-state index in [9.17, 15) is 4.79 Å². The molecule has 22 heavy (non-hydrogen) atoms. The molecule has 0 amide bonds. The minimum Gasteiger partial charge on any atom is -0.463 e. The molecule has 0 saturated carbocycles. The minimum atomic E-state index is -0.0289. The van der Waals surface area contributed by atoms with Crippen molar-refractivity contribution in [3.05, 3.63) is 36.2 Å². The van der Waals surface area contributed by atoms with Gasteiger partial charge in [0.25, 0.3) is 0 Å². The van der Waals surface area contributed by atoms with Crippen LogP contribution in [0.5, 0.6) is 0 Å². The molecule has 1 aromatic rings. The van der Waals surface area contributed by atoms with Crippen LogP contribution in [0.25, 0.3) is 0 Å². The Kier molecular flexibility index (Phi) is 9.55. The van der Waals surface area contributed by atoms with Gasteiger partial charge in [0.1, 0.15) is 0 Å². The molecule has 1 aromatic heterocycles. The predicted molar refractivity (Wildman–Crippen MR) is 93.9 cm³/mol. The van der Waals surface area contributed by atoms with Crippen molar-refractivity contribution in [2.75, 3.05) is 0 Å². The first-order valence-corrected chi connectivity index (χ1v) is 7.88. The van der Waals surface area contributed by atoms with Crippen LogP contribution in [0.3, 0.4) is 0 Å². The average molecular weight is 307 g/mol. The fourth-order valence-corrected chi connectivity index (χ4v) is 2.20. The molecule has 0 fully saturated rings. The first kappa shape index (κ1) is 20.5. The third-order valence-corrected chi connectivity index (χ3v) is 3.55. The van der Waals surface area contributed by atoms with Gasteiger partial charge in [-0.05, 0) is 66.0 Å². The molecule has 2 rings (SSSR count). The van der Waals surface area contributed by atoms with Gasteiger partial charge in [-0.2, -0.15) is 0 Å². The van der Waals surface area contributed by atoms with Crippen molar-refractivity contribution < 1.29 is 9.53 Å². The Morgan fingerprint density at radius 3 is 2.18 bits per heavy atom. The maximum absolute atomic E-state index is 11.5. The monoisotopic (exact) mass is 307 g/mol. The van der Waals surface area contributed by atoms with Gasteiger partial charge < -0.3 is 9.30 Å². The average Bonchev–Trinajstić information content (AvgIpc) is 2.93. The molecule has 1 aliphatic rings. The molecule has 0 saturated heterocycles. The SMILES string of the molecule is C.CC(C)n1cccc1.CC1=CC[C@H](C(=O)OC(C)C)CC1. The lowest BCUT2D eigenvalue weighted by molar-refractivity contribution is -0.152. The molecular weight excluding hydrogens is 274 g/mol. The van der Waals surface area contributed by atoms with Crippen molar-refractivity contribution >= 4 is 5.97 Å². The summed E-state index contributed by atoms with van der Waals surface area (Å²) in [5.74, 6) is 0.0739. The van der Waals surface area contributed by atoms with E-state index in [1.165, 1.54) is 5.57 Å². The van der Waals surface area contributed by atoms with Gasteiger partial charge in [-0.15, -0.1) is 0 Å². The molecule has 3 nitrogen and oxygen atoms in total. The lowest BCUT2D eigenvalue weighted by atomic mass is 9.90. The van der Waals surface area contributed by atoms with Gasteiger partial charge in [-0.3, -0.25) is 4.79 Å². The van der Waals surface area contributed by atoms with Crippen molar-refractivity contribution in [2.45, 2.75) is 73.5 Å².